The molecule has 0 aromatic heterocycles. The second kappa shape index (κ2) is 10.3. The summed E-state index contributed by atoms with van der Waals surface area (Å²) in [7, 11) is 0. The maximum atomic E-state index is 12.6. The van der Waals surface area contributed by atoms with Crippen molar-refractivity contribution in [2.24, 2.45) is 5.92 Å². The third kappa shape index (κ3) is 5.98. The van der Waals surface area contributed by atoms with Crippen LogP contribution in [-0.4, -0.2) is 44.8 Å². The molecule has 0 radical (unpaired) electrons. The molecule has 0 aliphatic carbocycles. The molecule has 2 aliphatic heterocycles. The molecule has 0 atom stereocenters. The van der Waals surface area contributed by atoms with Gasteiger partial charge < -0.3 is 25.0 Å². The molecule has 164 valence electrons. The summed E-state index contributed by atoms with van der Waals surface area (Å²) < 4.78 is 10.7. The number of amides is 2. The zero-order valence-corrected chi connectivity index (χ0v) is 17.7. The Balaban J connectivity index is 1.13. The molecule has 1 saturated heterocycles. The summed E-state index contributed by atoms with van der Waals surface area (Å²) in [6.07, 6.45) is 3.48. The fourth-order valence-electron chi connectivity index (χ4n) is 4.14. The fraction of sp³-hybridized carbons (Fsp3) is 0.417. The predicted molar refractivity (Wildman–Crippen MR) is 117 cm³/mol. The van der Waals surface area contributed by atoms with Gasteiger partial charge >= 0.3 is 0 Å². The Morgan fingerprint density at radius 1 is 1.00 bits per heavy atom. The zero-order chi connectivity index (χ0) is 21.5. The summed E-state index contributed by atoms with van der Waals surface area (Å²) in [4.78, 5) is 26.1. The number of likely N-dealkylation sites (tertiary alicyclic amines) is 1. The number of carbonyl (C=O) groups excluding carboxylic acids is 2. The number of carbonyl (C=O) groups is 2. The van der Waals surface area contributed by atoms with Gasteiger partial charge in [0, 0.05) is 37.1 Å². The molecule has 2 aromatic rings. The molecule has 0 unspecified atom stereocenters. The van der Waals surface area contributed by atoms with E-state index in [-0.39, 0.29) is 24.5 Å². The molecular formula is C24H30N3O4+. The highest BCUT2D eigenvalue weighted by Crippen LogP contribution is 2.34. The van der Waals surface area contributed by atoms with Gasteiger partial charge in [0.1, 0.15) is 0 Å². The van der Waals surface area contributed by atoms with Crippen molar-refractivity contribution in [3.63, 3.8) is 0 Å². The molecule has 0 bridgehead atoms. The second-order valence-corrected chi connectivity index (χ2v) is 8.20. The SMILES string of the molecule is O=C(C[NH+]1CCC(C(=O)Nc2ccc3c(c2)OCO3)CC1)NCCCc1ccccc1. The van der Waals surface area contributed by atoms with E-state index in [4.69, 9.17) is 9.47 Å². The number of quaternary nitrogens is 1. The van der Waals surface area contributed by atoms with Gasteiger partial charge in [-0.1, -0.05) is 30.3 Å². The van der Waals surface area contributed by atoms with Crippen LogP contribution in [0.3, 0.4) is 0 Å². The molecule has 7 nitrogen and oxygen atoms in total. The highest BCUT2D eigenvalue weighted by atomic mass is 16.7. The summed E-state index contributed by atoms with van der Waals surface area (Å²) in [6.45, 7) is 3.05. The van der Waals surface area contributed by atoms with Crippen molar-refractivity contribution < 1.29 is 24.0 Å². The number of hydrogen-bond donors (Lipinski definition) is 3. The van der Waals surface area contributed by atoms with Gasteiger partial charge in [-0.25, -0.2) is 0 Å². The Morgan fingerprint density at radius 3 is 2.58 bits per heavy atom. The summed E-state index contributed by atoms with van der Waals surface area (Å²) in [6, 6.07) is 15.7. The minimum Gasteiger partial charge on any atom is -0.454 e. The average Bonchev–Trinajstić information content (AvgIpc) is 3.26. The smallest absolute Gasteiger partial charge is 0.275 e. The first-order valence-corrected chi connectivity index (χ1v) is 11.0. The standard InChI is InChI=1S/C24H29N3O4/c28-23(25-12-4-7-18-5-2-1-3-6-18)16-27-13-10-19(11-14-27)24(29)26-20-8-9-21-22(15-20)31-17-30-21/h1-3,5-6,8-9,15,19H,4,7,10-14,16-17H2,(H,25,28)(H,26,29)/p+1. The third-order valence-corrected chi connectivity index (χ3v) is 5.92. The molecule has 31 heavy (non-hydrogen) atoms. The van der Waals surface area contributed by atoms with Gasteiger partial charge in [0.2, 0.25) is 12.7 Å². The monoisotopic (exact) mass is 424 g/mol. The van der Waals surface area contributed by atoms with Crippen molar-refractivity contribution in [2.45, 2.75) is 25.7 Å². The number of ether oxygens (including phenoxy) is 2. The van der Waals surface area contributed by atoms with Crippen LogP contribution in [0.15, 0.2) is 48.5 Å². The molecule has 2 amide bonds. The van der Waals surface area contributed by atoms with Crippen molar-refractivity contribution in [2.75, 3.05) is 38.3 Å². The molecule has 4 rings (SSSR count). The lowest BCUT2D eigenvalue weighted by Crippen LogP contribution is -3.14. The molecule has 0 spiro atoms. The largest absolute Gasteiger partial charge is 0.454 e. The molecule has 2 heterocycles. The summed E-state index contributed by atoms with van der Waals surface area (Å²) >= 11 is 0. The zero-order valence-electron chi connectivity index (χ0n) is 17.7. The number of benzene rings is 2. The van der Waals surface area contributed by atoms with Crippen LogP contribution < -0.4 is 25.0 Å². The van der Waals surface area contributed by atoms with Crippen LogP contribution in [0.5, 0.6) is 11.5 Å². The van der Waals surface area contributed by atoms with Gasteiger partial charge in [-0.3, -0.25) is 9.59 Å². The quantitative estimate of drug-likeness (QED) is 0.560. The van der Waals surface area contributed by atoms with Crippen molar-refractivity contribution in [3.8, 4) is 11.5 Å². The number of aryl methyl sites for hydroxylation is 1. The number of anilines is 1. The topological polar surface area (TPSA) is 81.1 Å². The molecule has 2 aromatic carbocycles. The lowest BCUT2D eigenvalue weighted by Gasteiger charge is -2.28. The van der Waals surface area contributed by atoms with Crippen LogP contribution in [0.2, 0.25) is 0 Å². The van der Waals surface area contributed by atoms with Crippen LogP contribution in [0, 0.1) is 5.92 Å². The second-order valence-electron chi connectivity index (χ2n) is 8.20. The van der Waals surface area contributed by atoms with Crippen LogP contribution in [-0.2, 0) is 16.0 Å². The van der Waals surface area contributed by atoms with Gasteiger partial charge in [0.05, 0.1) is 13.1 Å². The fourth-order valence-corrected chi connectivity index (χ4v) is 4.14. The number of piperidine rings is 1. The van der Waals surface area contributed by atoms with E-state index in [1.165, 1.54) is 10.5 Å². The Morgan fingerprint density at radius 2 is 1.77 bits per heavy atom. The van der Waals surface area contributed by atoms with Gasteiger partial charge in [-0.15, -0.1) is 0 Å². The van der Waals surface area contributed by atoms with Crippen LogP contribution in [0.1, 0.15) is 24.8 Å². The average molecular weight is 425 g/mol. The van der Waals surface area contributed by atoms with Gasteiger partial charge in [0.25, 0.3) is 5.91 Å². The number of fused-ring (bicyclic) bond motifs is 1. The summed E-state index contributed by atoms with van der Waals surface area (Å²) in [5, 5.41) is 6.01. The van der Waals surface area contributed by atoms with Crippen LogP contribution in [0.4, 0.5) is 5.69 Å². The van der Waals surface area contributed by atoms with E-state index in [1.807, 2.05) is 30.3 Å². The van der Waals surface area contributed by atoms with E-state index in [2.05, 4.69) is 22.8 Å². The lowest BCUT2D eigenvalue weighted by atomic mass is 9.95. The van der Waals surface area contributed by atoms with Gasteiger partial charge in [-0.2, -0.15) is 0 Å². The van der Waals surface area contributed by atoms with E-state index >= 15 is 0 Å². The highest BCUT2D eigenvalue weighted by Gasteiger charge is 2.28. The molecule has 7 heteroatoms. The first-order chi connectivity index (χ1) is 15.2. The first-order valence-electron chi connectivity index (χ1n) is 11.0. The number of hydrogen-bond acceptors (Lipinski definition) is 4. The first kappa shape index (κ1) is 21.2. The van der Waals surface area contributed by atoms with E-state index in [0.29, 0.717) is 24.6 Å². The van der Waals surface area contributed by atoms with Crippen molar-refractivity contribution in [1.82, 2.24) is 5.32 Å². The number of nitrogens with one attached hydrogen (secondary N) is 3. The third-order valence-electron chi connectivity index (χ3n) is 5.92. The maximum Gasteiger partial charge on any atom is 0.275 e. The van der Waals surface area contributed by atoms with E-state index in [0.717, 1.165) is 44.5 Å². The Hall–Kier alpha value is -3.06. The lowest BCUT2D eigenvalue weighted by molar-refractivity contribution is -0.897. The van der Waals surface area contributed by atoms with Crippen LogP contribution in [0.25, 0.3) is 0 Å². The van der Waals surface area contributed by atoms with E-state index < -0.39 is 0 Å². The van der Waals surface area contributed by atoms with Crippen molar-refractivity contribution in [1.29, 1.82) is 0 Å². The Kier molecular flexibility index (Phi) is 7.04. The molecule has 2 aliphatic rings. The molecular weight excluding hydrogens is 394 g/mol. The Labute approximate surface area is 182 Å². The van der Waals surface area contributed by atoms with E-state index in [9.17, 15) is 9.59 Å². The Bertz CT molecular complexity index is 895. The number of rotatable bonds is 8. The normalized spacial score (nSPS) is 19.6. The minimum absolute atomic E-state index is 0.0249. The van der Waals surface area contributed by atoms with Gasteiger partial charge in [-0.05, 0) is 30.5 Å². The van der Waals surface area contributed by atoms with E-state index in [1.54, 1.807) is 6.07 Å². The van der Waals surface area contributed by atoms with Crippen molar-refractivity contribution in [3.05, 3.63) is 54.1 Å². The van der Waals surface area contributed by atoms with Gasteiger partial charge in [0.15, 0.2) is 18.0 Å². The van der Waals surface area contributed by atoms with Crippen LogP contribution >= 0.6 is 0 Å². The molecule has 1 fully saturated rings. The maximum absolute atomic E-state index is 12.6. The predicted octanol–water partition coefficient (Wildman–Crippen LogP) is 1.40. The molecule has 3 N–H and O–H groups in total. The molecule has 0 saturated carbocycles. The van der Waals surface area contributed by atoms with Crippen molar-refractivity contribution >= 4 is 17.5 Å². The minimum atomic E-state index is -0.0249. The summed E-state index contributed by atoms with van der Waals surface area (Å²) in [5.74, 6) is 1.46. The summed E-state index contributed by atoms with van der Waals surface area (Å²) in [5.41, 5.74) is 2.02. The highest BCUT2D eigenvalue weighted by molar-refractivity contribution is 5.93.